The van der Waals surface area contributed by atoms with E-state index in [2.05, 4.69) is 34.9 Å². The molecule has 0 atom stereocenters. The number of thioether (sulfide) groups is 1. The summed E-state index contributed by atoms with van der Waals surface area (Å²) >= 11 is 3.70. The maximum atomic E-state index is 12.4. The van der Waals surface area contributed by atoms with Crippen LogP contribution < -0.4 is 10.5 Å². The average Bonchev–Trinajstić information content (AvgIpc) is 3.24. The van der Waals surface area contributed by atoms with Crippen LogP contribution in [0.4, 0.5) is 5.13 Å². The van der Waals surface area contributed by atoms with Crippen molar-refractivity contribution in [3.05, 3.63) is 33.2 Å². The lowest BCUT2D eigenvalue weighted by Gasteiger charge is -2.60. The van der Waals surface area contributed by atoms with Gasteiger partial charge in [-0.3, -0.25) is 4.79 Å². The summed E-state index contributed by atoms with van der Waals surface area (Å²) in [5.41, 5.74) is 6.98. The van der Waals surface area contributed by atoms with Gasteiger partial charge in [0.05, 0.1) is 5.69 Å². The van der Waals surface area contributed by atoms with E-state index in [0.29, 0.717) is 11.3 Å². The largest absolute Gasteiger partial charge is 0.347 e. The van der Waals surface area contributed by atoms with Gasteiger partial charge < -0.3 is 19.4 Å². The molecule has 3 aromatic rings. The summed E-state index contributed by atoms with van der Waals surface area (Å²) in [6.45, 7) is 14.4. The Morgan fingerprint density at radius 3 is 2.59 bits per heavy atom. The van der Waals surface area contributed by atoms with Crippen molar-refractivity contribution >= 4 is 38.6 Å². The van der Waals surface area contributed by atoms with Crippen LogP contribution in [0.15, 0.2) is 11.0 Å². The molecule has 1 N–H and O–H groups in total. The summed E-state index contributed by atoms with van der Waals surface area (Å²) in [5.74, 6) is 1.57. The van der Waals surface area contributed by atoms with Crippen LogP contribution in [0.25, 0.3) is 21.6 Å². The number of aromatic amines is 1. The number of likely N-dealkylation sites (tertiary alicyclic amines) is 1. The number of aromatic nitrogens is 3. The first-order valence-electron chi connectivity index (χ1n) is 11.4. The van der Waals surface area contributed by atoms with Gasteiger partial charge in [0.15, 0.2) is 5.13 Å². The molecule has 2 aliphatic rings. The van der Waals surface area contributed by atoms with E-state index < -0.39 is 0 Å². The van der Waals surface area contributed by atoms with Gasteiger partial charge in [-0.05, 0) is 31.6 Å². The average molecular weight is 472 g/mol. The molecule has 172 valence electrons. The predicted molar refractivity (Wildman–Crippen MR) is 138 cm³/mol. The molecule has 2 fully saturated rings. The molecule has 6 nitrogen and oxygen atoms in total. The molecular weight excluding hydrogens is 438 g/mol. The fourth-order valence-corrected chi connectivity index (χ4v) is 6.82. The van der Waals surface area contributed by atoms with Crippen molar-refractivity contribution in [2.24, 2.45) is 12.5 Å². The predicted octanol–water partition coefficient (Wildman–Crippen LogP) is 4.22. The van der Waals surface area contributed by atoms with Crippen LogP contribution >= 0.6 is 23.1 Å². The summed E-state index contributed by atoms with van der Waals surface area (Å²) in [7, 11) is 1.83. The number of hydrogen-bond acceptors (Lipinski definition) is 6. The highest BCUT2D eigenvalue weighted by Crippen LogP contribution is 2.46. The van der Waals surface area contributed by atoms with Crippen molar-refractivity contribution < 1.29 is 0 Å². The van der Waals surface area contributed by atoms with Gasteiger partial charge in [0, 0.05) is 73.8 Å². The Balaban J connectivity index is 1.42. The number of fused-ring (bicyclic) bond motifs is 1. The van der Waals surface area contributed by atoms with Gasteiger partial charge in [0.2, 0.25) is 0 Å². The number of thiazole rings is 1. The van der Waals surface area contributed by atoms with E-state index in [1.165, 1.54) is 31.0 Å². The Kier molecular flexibility index (Phi) is 5.46. The number of H-pyrrole nitrogens is 1. The lowest BCUT2D eigenvalue weighted by atomic mass is 9.73. The van der Waals surface area contributed by atoms with Gasteiger partial charge in [-0.2, -0.15) is 11.8 Å². The minimum atomic E-state index is 0.0702. The van der Waals surface area contributed by atoms with E-state index in [0.717, 1.165) is 51.0 Å². The van der Waals surface area contributed by atoms with Crippen molar-refractivity contribution in [2.45, 2.75) is 33.6 Å². The molecule has 0 amide bonds. The maximum Gasteiger partial charge on any atom is 0.253 e. The normalized spacial score (nSPS) is 18.0. The summed E-state index contributed by atoms with van der Waals surface area (Å²) in [6.07, 6.45) is 4.15. The number of nitrogens with zero attached hydrogens (tertiary/aromatic N) is 4. The number of rotatable bonds is 6. The lowest BCUT2D eigenvalue weighted by molar-refractivity contribution is -0.0170. The van der Waals surface area contributed by atoms with Crippen LogP contribution in [0.5, 0.6) is 0 Å². The van der Waals surface area contributed by atoms with Crippen LogP contribution in [-0.2, 0) is 7.05 Å². The third-order valence-electron chi connectivity index (χ3n) is 7.21. The molecule has 1 spiro atoms. The quantitative estimate of drug-likeness (QED) is 0.584. The topological polar surface area (TPSA) is 57.2 Å². The highest BCUT2D eigenvalue weighted by molar-refractivity contribution is 7.98. The Hall–Kier alpha value is -1.77. The number of hydrogen-bond donors (Lipinski definition) is 1. The smallest absolute Gasteiger partial charge is 0.253 e. The fourth-order valence-electron chi connectivity index (χ4n) is 5.39. The summed E-state index contributed by atoms with van der Waals surface area (Å²) in [4.78, 5) is 27.3. The van der Waals surface area contributed by atoms with Crippen molar-refractivity contribution in [3.63, 3.8) is 0 Å². The van der Waals surface area contributed by atoms with E-state index in [1.54, 1.807) is 15.9 Å². The molecular formula is C24H33N5OS2. The molecule has 3 aromatic heterocycles. The zero-order valence-corrected chi connectivity index (χ0v) is 21.5. The molecule has 0 aromatic carbocycles. The first-order valence-corrected chi connectivity index (χ1v) is 13.6. The Morgan fingerprint density at radius 2 is 1.94 bits per heavy atom. The maximum absolute atomic E-state index is 12.4. The Morgan fingerprint density at radius 1 is 1.22 bits per heavy atom. The molecule has 8 heteroatoms. The zero-order valence-electron chi connectivity index (χ0n) is 19.9. The summed E-state index contributed by atoms with van der Waals surface area (Å²) in [5, 5.41) is 1.14. The van der Waals surface area contributed by atoms with Crippen molar-refractivity contribution in [2.75, 3.05) is 49.6 Å². The number of pyridine rings is 1. The highest BCUT2D eigenvalue weighted by Gasteiger charge is 2.52. The van der Waals surface area contributed by atoms with E-state index >= 15 is 0 Å². The van der Waals surface area contributed by atoms with Crippen molar-refractivity contribution in [1.29, 1.82) is 0 Å². The van der Waals surface area contributed by atoms with Crippen LogP contribution in [0, 0.1) is 19.3 Å². The molecule has 0 unspecified atom stereocenters. The van der Waals surface area contributed by atoms with Gasteiger partial charge in [0.1, 0.15) is 10.3 Å². The van der Waals surface area contributed by atoms with Crippen LogP contribution in [0.2, 0.25) is 0 Å². The van der Waals surface area contributed by atoms with Crippen molar-refractivity contribution in [3.8, 4) is 11.3 Å². The van der Waals surface area contributed by atoms with Gasteiger partial charge in [-0.1, -0.05) is 25.2 Å². The monoisotopic (exact) mass is 471 g/mol. The van der Waals surface area contributed by atoms with E-state index in [4.69, 9.17) is 4.98 Å². The molecule has 0 radical (unpaired) electrons. The molecule has 0 aliphatic carbocycles. The molecule has 5 rings (SSSR count). The molecule has 0 saturated carbocycles. The SMILES string of the molecule is CSCCN1CC2(C1)CN(c1nc3c(C(C)C)c(-c4cn(C)c(=O)c(C)c4C)[nH]c3s1)C2. The van der Waals surface area contributed by atoms with Crippen molar-refractivity contribution in [1.82, 2.24) is 19.4 Å². The Bertz CT molecular complexity index is 1220. The van der Waals surface area contributed by atoms with Gasteiger partial charge >= 0.3 is 0 Å². The lowest BCUT2D eigenvalue weighted by Crippen LogP contribution is -2.72. The third kappa shape index (κ3) is 3.42. The second-order valence-corrected chi connectivity index (χ2v) is 12.0. The summed E-state index contributed by atoms with van der Waals surface area (Å²) in [6, 6.07) is 0. The van der Waals surface area contributed by atoms with Gasteiger partial charge in [0.25, 0.3) is 5.56 Å². The van der Waals surface area contributed by atoms with Gasteiger partial charge in [-0.15, -0.1) is 0 Å². The fraction of sp³-hybridized carbons (Fsp3) is 0.583. The first-order chi connectivity index (χ1) is 15.2. The highest BCUT2D eigenvalue weighted by atomic mass is 32.2. The second-order valence-electron chi connectivity index (χ2n) is 10.0. The molecule has 5 heterocycles. The molecule has 2 saturated heterocycles. The number of anilines is 1. The standard InChI is InChI=1S/C24H33N5OS2/c1-14(2)18-19(17-9-27(5)22(30)16(4)15(17)3)25-21-20(18)26-23(32-21)29-12-24(13-29)10-28(11-24)7-8-31-6/h9,14,25H,7-8,10-13H2,1-6H3. The minimum absolute atomic E-state index is 0.0702. The van der Waals surface area contributed by atoms with Crippen LogP contribution in [0.3, 0.4) is 0 Å². The Labute approximate surface area is 198 Å². The van der Waals surface area contributed by atoms with Crippen LogP contribution in [-0.4, -0.2) is 64.2 Å². The summed E-state index contributed by atoms with van der Waals surface area (Å²) < 4.78 is 1.69. The van der Waals surface area contributed by atoms with E-state index in [9.17, 15) is 4.79 Å². The van der Waals surface area contributed by atoms with E-state index in [-0.39, 0.29) is 5.56 Å². The van der Waals surface area contributed by atoms with Gasteiger partial charge in [-0.25, -0.2) is 4.98 Å². The number of nitrogens with one attached hydrogen (secondary N) is 1. The third-order valence-corrected chi connectivity index (χ3v) is 8.83. The second kappa shape index (κ2) is 7.92. The number of aryl methyl sites for hydroxylation is 1. The van der Waals surface area contributed by atoms with E-state index in [1.807, 2.05) is 38.9 Å². The minimum Gasteiger partial charge on any atom is -0.347 e. The molecule has 0 bridgehead atoms. The molecule has 32 heavy (non-hydrogen) atoms. The van der Waals surface area contributed by atoms with Crippen LogP contribution in [0.1, 0.15) is 36.5 Å². The zero-order chi connectivity index (χ0) is 22.8. The first kappa shape index (κ1) is 22.0. The molecule has 2 aliphatic heterocycles.